The molecule has 0 fully saturated rings. The van der Waals surface area contributed by atoms with Gasteiger partial charge in [0.1, 0.15) is 6.04 Å². The molecule has 0 aliphatic rings. The second-order valence-corrected chi connectivity index (χ2v) is 8.01. The SMILES string of the molecule is CCC(C)NC(=O)C(CC)N(Cc1ccc(Cl)cc1Cl)C(=O)Cc1ccccc1. The molecular formula is C23H28Cl2N2O2. The van der Waals surface area contributed by atoms with E-state index < -0.39 is 6.04 Å². The molecular weight excluding hydrogens is 407 g/mol. The zero-order valence-electron chi connectivity index (χ0n) is 17.1. The molecule has 29 heavy (non-hydrogen) atoms. The highest BCUT2D eigenvalue weighted by molar-refractivity contribution is 6.35. The summed E-state index contributed by atoms with van der Waals surface area (Å²) in [4.78, 5) is 27.8. The van der Waals surface area contributed by atoms with E-state index in [4.69, 9.17) is 23.2 Å². The minimum Gasteiger partial charge on any atom is -0.352 e. The average Bonchev–Trinajstić information content (AvgIpc) is 2.70. The Kier molecular flexibility index (Phi) is 8.99. The third-order valence-electron chi connectivity index (χ3n) is 4.94. The van der Waals surface area contributed by atoms with Crippen molar-refractivity contribution in [2.45, 2.75) is 58.7 Å². The Labute approximate surface area is 183 Å². The maximum Gasteiger partial charge on any atom is 0.243 e. The van der Waals surface area contributed by atoms with Crippen molar-refractivity contribution in [3.63, 3.8) is 0 Å². The van der Waals surface area contributed by atoms with Crippen LogP contribution in [0.3, 0.4) is 0 Å². The lowest BCUT2D eigenvalue weighted by Gasteiger charge is -2.32. The Balaban J connectivity index is 2.31. The first-order valence-electron chi connectivity index (χ1n) is 9.93. The number of rotatable bonds is 9. The van der Waals surface area contributed by atoms with Gasteiger partial charge in [0.15, 0.2) is 0 Å². The number of benzene rings is 2. The first kappa shape index (κ1) is 23.2. The summed E-state index contributed by atoms with van der Waals surface area (Å²) in [5.74, 6) is -0.262. The van der Waals surface area contributed by atoms with Gasteiger partial charge in [0.25, 0.3) is 0 Å². The number of nitrogens with one attached hydrogen (secondary N) is 1. The van der Waals surface area contributed by atoms with E-state index >= 15 is 0 Å². The van der Waals surface area contributed by atoms with E-state index in [9.17, 15) is 9.59 Å². The van der Waals surface area contributed by atoms with Gasteiger partial charge in [-0.1, -0.05) is 73.4 Å². The molecule has 2 rings (SSSR count). The predicted octanol–water partition coefficient (Wildman–Crippen LogP) is 5.26. The highest BCUT2D eigenvalue weighted by Gasteiger charge is 2.29. The van der Waals surface area contributed by atoms with Crippen LogP contribution in [-0.2, 0) is 22.6 Å². The van der Waals surface area contributed by atoms with Crippen LogP contribution >= 0.6 is 23.2 Å². The predicted molar refractivity (Wildman–Crippen MR) is 119 cm³/mol. The highest BCUT2D eigenvalue weighted by Crippen LogP contribution is 2.24. The van der Waals surface area contributed by atoms with Gasteiger partial charge in [-0.05, 0) is 43.0 Å². The summed E-state index contributed by atoms with van der Waals surface area (Å²) < 4.78 is 0. The van der Waals surface area contributed by atoms with Gasteiger partial charge in [-0.2, -0.15) is 0 Å². The Morgan fingerprint density at radius 2 is 1.72 bits per heavy atom. The lowest BCUT2D eigenvalue weighted by atomic mass is 10.1. The molecule has 156 valence electrons. The molecule has 0 heterocycles. The van der Waals surface area contributed by atoms with Crippen LogP contribution in [0.5, 0.6) is 0 Å². The van der Waals surface area contributed by atoms with Crippen LogP contribution in [0.4, 0.5) is 0 Å². The van der Waals surface area contributed by atoms with E-state index in [1.165, 1.54) is 0 Å². The second-order valence-electron chi connectivity index (χ2n) is 7.16. The maximum absolute atomic E-state index is 13.2. The zero-order valence-corrected chi connectivity index (χ0v) is 18.6. The molecule has 0 saturated heterocycles. The van der Waals surface area contributed by atoms with Crippen molar-refractivity contribution in [2.75, 3.05) is 0 Å². The van der Waals surface area contributed by atoms with Gasteiger partial charge in [-0.25, -0.2) is 0 Å². The standard InChI is InChI=1S/C23H28Cl2N2O2/c1-4-16(3)26-23(29)21(5-2)27(15-18-11-12-19(24)14-20(18)25)22(28)13-17-9-7-6-8-10-17/h6-12,14,16,21H,4-5,13,15H2,1-3H3,(H,26,29). The van der Waals surface area contributed by atoms with Gasteiger partial charge < -0.3 is 10.2 Å². The number of amides is 2. The lowest BCUT2D eigenvalue weighted by Crippen LogP contribution is -2.51. The summed E-state index contributed by atoms with van der Waals surface area (Å²) >= 11 is 12.4. The van der Waals surface area contributed by atoms with Crippen molar-refractivity contribution < 1.29 is 9.59 Å². The molecule has 2 aromatic carbocycles. The molecule has 0 aliphatic heterocycles. The van der Waals surface area contributed by atoms with Crippen molar-refractivity contribution in [3.05, 3.63) is 69.7 Å². The van der Waals surface area contributed by atoms with Crippen LogP contribution in [0.25, 0.3) is 0 Å². The fourth-order valence-electron chi connectivity index (χ4n) is 3.07. The fraction of sp³-hybridized carbons (Fsp3) is 0.391. The summed E-state index contributed by atoms with van der Waals surface area (Å²) in [5.41, 5.74) is 1.66. The van der Waals surface area contributed by atoms with Crippen LogP contribution in [0.1, 0.15) is 44.7 Å². The molecule has 0 saturated carbocycles. The van der Waals surface area contributed by atoms with Crippen molar-refractivity contribution in [1.82, 2.24) is 10.2 Å². The number of nitrogens with zero attached hydrogens (tertiary/aromatic N) is 1. The molecule has 0 spiro atoms. The van der Waals surface area contributed by atoms with Gasteiger partial charge in [-0.15, -0.1) is 0 Å². The summed E-state index contributed by atoms with van der Waals surface area (Å²) in [5, 5.41) is 4.01. The number of hydrogen-bond acceptors (Lipinski definition) is 2. The molecule has 6 heteroatoms. The third kappa shape index (κ3) is 6.76. The largest absolute Gasteiger partial charge is 0.352 e. The van der Waals surface area contributed by atoms with Crippen LogP contribution < -0.4 is 5.32 Å². The van der Waals surface area contributed by atoms with Crippen molar-refractivity contribution in [2.24, 2.45) is 0 Å². The first-order valence-corrected chi connectivity index (χ1v) is 10.7. The molecule has 0 bridgehead atoms. The van der Waals surface area contributed by atoms with Crippen LogP contribution in [-0.4, -0.2) is 28.8 Å². The maximum atomic E-state index is 13.2. The van der Waals surface area contributed by atoms with Crippen LogP contribution in [0.2, 0.25) is 10.0 Å². The molecule has 0 aromatic heterocycles. The van der Waals surface area contributed by atoms with E-state index in [1.807, 2.05) is 51.1 Å². The van der Waals surface area contributed by atoms with Crippen LogP contribution in [0.15, 0.2) is 48.5 Å². The van der Waals surface area contributed by atoms with Crippen LogP contribution in [0, 0.1) is 0 Å². The Morgan fingerprint density at radius 3 is 2.31 bits per heavy atom. The molecule has 0 aliphatic carbocycles. The number of halogens is 2. The number of carbonyl (C=O) groups excluding carboxylic acids is 2. The minimum atomic E-state index is -0.577. The van der Waals surface area contributed by atoms with Gasteiger partial charge in [0, 0.05) is 22.6 Å². The van der Waals surface area contributed by atoms with Gasteiger partial charge >= 0.3 is 0 Å². The van der Waals surface area contributed by atoms with E-state index in [-0.39, 0.29) is 30.8 Å². The second kappa shape index (κ2) is 11.2. The van der Waals surface area contributed by atoms with E-state index in [0.29, 0.717) is 16.5 Å². The van der Waals surface area contributed by atoms with Gasteiger partial charge in [-0.3, -0.25) is 9.59 Å². The smallest absolute Gasteiger partial charge is 0.243 e. The van der Waals surface area contributed by atoms with E-state index in [0.717, 1.165) is 17.5 Å². The fourth-order valence-corrected chi connectivity index (χ4v) is 3.53. The summed E-state index contributed by atoms with van der Waals surface area (Å²) in [6.45, 7) is 6.12. The molecule has 1 N–H and O–H groups in total. The Hall–Kier alpha value is -2.04. The summed E-state index contributed by atoms with van der Waals surface area (Å²) in [7, 11) is 0. The number of carbonyl (C=O) groups is 2. The normalized spacial score (nSPS) is 12.9. The van der Waals surface area contributed by atoms with Crippen molar-refractivity contribution in [3.8, 4) is 0 Å². The topological polar surface area (TPSA) is 49.4 Å². The number of hydrogen-bond donors (Lipinski definition) is 1. The summed E-state index contributed by atoms with van der Waals surface area (Å²) in [6.07, 6.45) is 1.55. The first-order chi connectivity index (χ1) is 13.8. The molecule has 2 atom stereocenters. The molecule has 4 nitrogen and oxygen atoms in total. The highest BCUT2D eigenvalue weighted by atomic mass is 35.5. The molecule has 2 unspecified atom stereocenters. The Morgan fingerprint density at radius 1 is 1.03 bits per heavy atom. The molecule has 2 aromatic rings. The van der Waals surface area contributed by atoms with Crippen molar-refractivity contribution >= 4 is 35.0 Å². The minimum absolute atomic E-state index is 0.0433. The van der Waals surface area contributed by atoms with Gasteiger partial charge in [0.05, 0.1) is 6.42 Å². The van der Waals surface area contributed by atoms with E-state index in [1.54, 1.807) is 23.1 Å². The Bertz CT molecular complexity index is 827. The molecule has 2 amide bonds. The van der Waals surface area contributed by atoms with E-state index in [2.05, 4.69) is 5.32 Å². The third-order valence-corrected chi connectivity index (χ3v) is 5.53. The average molecular weight is 435 g/mol. The molecule has 0 radical (unpaired) electrons. The van der Waals surface area contributed by atoms with Gasteiger partial charge in [0.2, 0.25) is 11.8 Å². The van der Waals surface area contributed by atoms with Crippen molar-refractivity contribution in [1.29, 1.82) is 0 Å². The quantitative estimate of drug-likeness (QED) is 0.584. The summed E-state index contributed by atoms with van der Waals surface area (Å²) in [6, 6.07) is 14.2. The zero-order chi connectivity index (χ0) is 21.4. The monoisotopic (exact) mass is 434 g/mol. The lowest BCUT2D eigenvalue weighted by molar-refractivity contribution is -0.141.